The van der Waals surface area contributed by atoms with Gasteiger partial charge in [-0.3, -0.25) is 4.79 Å². The number of ketones is 1. The first-order valence-electron chi connectivity index (χ1n) is 7.97. The maximum Gasteiger partial charge on any atom is 0.138 e. The number of ether oxygens (including phenoxy) is 1. The zero-order valence-corrected chi connectivity index (χ0v) is 12.9. The number of fused-ring (bicyclic) bond motifs is 2. The third-order valence-corrected chi connectivity index (χ3v) is 7.28. The van der Waals surface area contributed by atoms with Crippen LogP contribution in [0.15, 0.2) is 0 Å². The van der Waals surface area contributed by atoms with Gasteiger partial charge in [-0.1, -0.05) is 20.8 Å². The highest BCUT2D eigenvalue weighted by atomic mass is 16.5. The lowest BCUT2D eigenvalue weighted by Crippen LogP contribution is -2.45. The molecule has 0 N–H and O–H groups in total. The highest BCUT2D eigenvalue weighted by molar-refractivity contribution is 5.83. The van der Waals surface area contributed by atoms with Crippen molar-refractivity contribution in [2.24, 2.45) is 28.6 Å². The molecule has 2 unspecified atom stereocenters. The molecule has 0 aromatic rings. The van der Waals surface area contributed by atoms with Gasteiger partial charge < -0.3 is 4.74 Å². The molecule has 0 aliphatic heterocycles. The second kappa shape index (κ2) is 4.31. The molecule has 3 fully saturated rings. The van der Waals surface area contributed by atoms with E-state index < -0.39 is 0 Å². The Bertz CT molecular complexity index is 387. The zero-order chi connectivity index (χ0) is 13.8. The van der Waals surface area contributed by atoms with Crippen LogP contribution in [0, 0.1) is 28.6 Å². The summed E-state index contributed by atoms with van der Waals surface area (Å²) >= 11 is 0. The van der Waals surface area contributed by atoms with Crippen molar-refractivity contribution in [1.29, 1.82) is 0 Å². The molecule has 2 heteroatoms. The summed E-state index contributed by atoms with van der Waals surface area (Å²) in [4.78, 5) is 12.5. The van der Waals surface area contributed by atoms with Gasteiger partial charge in [-0.05, 0) is 54.8 Å². The minimum Gasteiger partial charge on any atom is -0.381 e. The molecule has 0 amide bonds. The second-order valence-corrected chi connectivity index (χ2v) is 7.88. The Balaban J connectivity index is 1.92. The van der Waals surface area contributed by atoms with Gasteiger partial charge in [0.25, 0.3) is 0 Å². The highest BCUT2D eigenvalue weighted by Gasteiger charge is 2.64. The van der Waals surface area contributed by atoms with Gasteiger partial charge in [0.05, 0.1) is 6.10 Å². The predicted molar refractivity (Wildman–Crippen MR) is 75.9 cm³/mol. The topological polar surface area (TPSA) is 26.3 Å². The summed E-state index contributed by atoms with van der Waals surface area (Å²) in [6.07, 6.45) is 6.96. The average Bonchev–Trinajstić information content (AvgIpc) is 2.71. The van der Waals surface area contributed by atoms with Gasteiger partial charge in [0.15, 0.2) is 0 Å². The molecular weight excluding hydrogens is 236 g/mol. The Kier molecular flexibility index (Phi) is 3.09. The number of rotatable bonds is 2. The fourth-order valence-corrected chi connectivity index (χ4v) is 5.59. The molecule has 3 saturated carbocycles. The van der Waals surface area contributed by atoms with Gasteiger partial charge in [-0.2, -0.15) is 0 Å². The SMILES string of the molecule is COC1CCCC(=O)C1[C@H]1C[C@@H]2CC[C@@]1(C)C2(C)C. The summed E-state index contributed by atoms with van der Waals surface area (Å²) in [5.74, 6) is 2.02. The summed E-state index contributed by atoms with van der Waals surface area (Å²) in [7, 11) is 1.79. The van der Waals surface area contributed by atoms with Crippen molar-refractivity contribution in [2.75, 3.05) is 7.11 Å². The standard InChI is InChI=1S/C17H28O2/c1-16(2)11-8-9-17(16,3)12(10-11)15-13(18)6-5-7-14(15)19-4/h11-12,14-15H,5-10H2,1-4H3/t11-,12+,14?,15?,17+/m0/s1. The summed E-state index contributed by atoms with van der Waals surface area (Å²) in [6.45, 7) is 7.30. The van der Waals surface area contributed by atoms with E-state index >= 15 is 0 Å². The first-order valence-corrected chi connectivity index (χ1v) is 7.97. The third kappa shape index (κ3) is 1.68. The van der Waals surface area contributed by atoms with Crippen LogP contribution in [0.4, 0.5) is 0 Å². The molecule has 108 valence electrons. The second-order valence-electron chi connectivity index (χ2n) is 7.88. The number of hydrogen-bond donors (Lipinski definition) is 0. The first-order chi connectivity index (χ1) is 8.91. The van der Waals surface area contributed by atoms with E-state index in [1.54, 1.807) is 7.11 Å². The molecule has 0 heterocycles. The number of carbonyl (C=O) groups excluding carboxylic acids is 1. The zero-order valence-electron chi connectivity index (χ0n) is 12.9. The predicted octanol–water partition coefficient (Wildman–Crippen LogP) is 3.83. The molecule has 19 heavy (non-hydrogen) atoms. The molecule has 0 aromatic carbocycles. The molecule has 0 spiro atoms. The van der Waals surface area contributed by atoms with E-state index in [0.717, 1.165) is 25.2 Å². The molecule has 3 rings (SSSR count). The van der Waals surface area contributed by atoms with Crippen molar-refractivity contribution in [3.05, 3.63) is 0 Å². The minimum atomic E-state index is 0.174. The van der Waals surface area contributed by atoms with Crippen molar-refractivity contribution in [1.82, 2.24) is 0 Å². The maximum atomic E-state index is 12.5. The van der Waals surface area contributed by atoms with E-state index in [9.17, 15) is 4.79 Å². The fraction of sp³-hybridized carbons (Fsp3) is 0.941. The van der Waals surface area contributed by atoms with E-state index in [4.69, 9.17) is 4.74 Å². The van der Waals surface area contributed by atoms with Crippen molar-refractivity contribution in [3.63, 3.8) is 0 Å². The maximum absolute atomic E-state index is 12.5. The Morgan fingerprint density at radius 2 is 1.95 bits per heavy atom. The Labute approximate surface area is 117 Å². The van der Waals surface area contributed by atoms with Crippen LogP contribution in [0.5, 0.6) is 0 Å². The van der Waals surface area contributed by atoms with E-state index in [-0.39, 0.29) is 12.0 Å². The van der Waals surface area contributed by atoms with Gasteiger partial charge in [0.1, 0.15) is 5.78 Å². The Morgan fingerprint density at radius 1 is 1.21 bits per heavy atom. The number of Topliss-reactive ketones (excluding diaryl/α,β-unsaturated/α-hetero) is 1. The lowest BCUT2D eigenvalue weighted by molar-refractivity contribution is -0.138. The molecule has 3 aliphatic carbocycles. The molecule has 2 nitrogen and oxygen atoms in total. The van der Waals surface area contributed by atoms with Crippen LogP contribution >= 0.6 is 0 Å². The van der Waals surface area contributed by atoms with E-state index in [0.29, 0.717) is 22.5 Å². The lowest BCUT2D eigenvalue weighted by Gasteiger charge is -2.45. The lowest BCUT2D eigenvalue weighted by atomic mass is 9.60. The van der Waals surface area contributed by atoms with Crippen LogP contribution < -0.4 is 0 Å². The molecule has 2 bridgehead atoms. The summed E-state index contributed by atoms with van der Waals surface area (Å²) in [6, 6.07) is 0. The number of methoxy groups -OCH3 is 1. The molecule has 0 radical (unpaired) electrons. The molecule has 0 saturated heterocycles. The van der Waals surface area contributed by atoms with Gasteiger partial charge in [-0.25, -0.2) is 0 Å². The molecule has 3 aliphatic rings. The Morgan fingerprint density at radius 3 is 2.47 bits per heavy atom. The van der Waals surface area contributed by atoms with E-state index in [1.807, 2.05) is 0 Å². The summed E-state index contributed by atoms with van der Waals surface area (Å²) in [5, 5.41) is 0. The van der Waals surface area contributed by atoms with E-state index in [1.165, 1.54) is 19.3 Å². The molecule has 5 atom stereocenters. The van der Waals surface area contributed by atoms with Crippen molar-refractivity contribution >= 4 is 5.78 Å². The highest BCUT2D eigenvalue weighted by Crippen LogP contribution is 2.70. The monoisotopic (exact) mass is 264 g/mol. The smallest absolute Gasteiger partial charge is 0.138 e. The summed E-state index contributed by atoms with van der Waals surface area (Å²) < 4.78 is 5.69. The minimum absolute atomic E-state index is 0.174. The summed E-state index contributed by atoms with van der Waals surface area (Å²) in [5.41, 5.74) is 0.736. The molecular formula is C17H28O2. The largest absolute Gasteiger partial charge is 0.381 e. The van der Waals surface area contributed by atoms with Crippen LogP contribution in [-0.4, -0.2) is 19.0 Å². The van der Waals surface area contributed by atoms with Crippen LogP contribution in [0.2, 0.25) is 0 Å². The molecule has 0 aromatic heterocycles. The first kappa shape index (κ1) is 13.6. The number of hydrogen-bond acceptors (Lipinski definition) is 2. The Hall–Kier alpha value is -0.370. The van der Waals surface area contributed by atoms with Gasteiger partial charge >= 0.3 is 0 Å². The van der Waals surface area contributed by atoms with Crippen LogP contribution in [0.3, 0.4) is 0 Å². The normalized spacial score (nSPS) is 48.7. The van der Waals surface area contributed by atoms with Crippen LogP contribution in [0.25, 0.3) is 0 Å². The van der Waals surface area contributed by atoms with Gasteiger partial charge in [-0.15, -0.1) is 0 Å². The fourth-order valence-electron chi connectivity index (χ4n) is 5.59. The van der Waals surface area contributed by atoms with E-state index in [2.05, 4.69) is 20.8 Å². The average molecular weight is 264 g/mol. The van der Waals surface area contributed by atoms with Crippen molar-refractivity contribution < 1.29 is 9.53 Å². The van der Waals surface area contributed by atoms with Crippen LogP contribution in [-0.2, 0) is 9.53 Å². The third-order valence-electron chi connectivity index (χ3n) is 7.28. The quantitative estimate of drug-likeness (QED) is 0.757. The van der Waals surface area contributed by atoms with Crippen molar-refractivity contribution in [2.45, 2.75) is 65.4 Å². The van der Waals surface area contributed by atoms with Gasteiger partial charge in [0.2, 0.25) is 0 Å². The van der Waals surface area contributed by atoms with Crippen molar-refractivity contribution in [3.8, 4) is 0 Å². The van der Waals surface area contributed by atoms with Crippen LogP contribution in [0.1, 0.15) is 59.3 Å². The van der Waals surface area contributed by atoms with Gasteiger partial charge in [0, 0.05) is 19.4 Å². The number of carbonyl (C=O) groups is 1.